The molecule has 1 aromatic rings. The van der Waals surface area contributed by atoms with Gasteiger partial charge in [0.1, 0.15) is 5.75 Å². The van der Waals surface area contributed by atoms with Gasteiger partial charge in [-0.25, -0.2) is 0 Å². The molecule has 2 saturated carbocycles. The normalized spacial score (nSPS) is 20.8. The van der Waals surface area contributed by atoms with Gasteiger partial charge in [-0.15, -0.1) is 0 Å². The smallest absolute Gasteiger partial charge is 0.122 e. The lowest BCUT2D eigenvalue weighted by molar-refractivity contribution is 0.449. The topological polar surface area (TPSA) is 20.2 Å². The van der Waals surface area contributed by atoms with E-state index < -0.39 is 0 Å². The van der Waals surface area contributed by atoms with E-state index in [1.54, 1.807) is 5.56 Å². The van der Waals surface area contributed by atoms with Crippen LogP contribution in [0.4, 0.5) is 0 Å². The van der Waals surface area contributed by atoms with Crippen molar-refractivity contribution in [3.8, 4) is 5.75 Å². The molecule has 0 aromatic heterocycles. The molecule has 2 aliphatic carbocycles. The lowest BCUT2D eigenvalue weighted by Gasteiger charge is -2.25. The molecule has 1 heteroatoms. The summed E-state index contributed by atoms with van der Waals surface area (Å²) in [7, 11) is 0. The van der Waals surface area contributed by atoms with Crippen LogP contribution < -0.4 is 0 Å². The summed E-state index contributed by atoms with van der Waals surface area (Å²) < 4.78 is 0. The summed E-state index contributed by atoms with van der Waals surface area (Å²) in [6, 6.07) is 2.34. The van der Waals surface area contributed by atoms with Crippen molar-refractivity contribution in [3.63, 3.8) is 0 Å². The maximum Gasteiger partial charge on any atom is 0.122 e. The minimum absolute atomic E-state index is 0.408. The van der Waals surface area contributed by atoms with E-state index in [4.69, 9.17) is 0 Å². The third-order valence-corrected chi connectivity index (χ3v) is 5.86. The standard InChI is InChI=1S/C20H30O/c1-13(2)17-12-18(15-8-4-5-9-15)14(3)19(20(17)21)16-10-6-7-11-16/h12-13,15-16,21H,4-11H2,1-3H3. The van der Waals surface area contributed by atoms with Crippen LogP contribution in [0, 0.1) is 6.92 Å². The highest BCUT2D eigenvalue weighted by Gasteiger charge is 2.28. The minimum atomic E-state index is 0.408. The molecule has 0 saturated heterocycles. The maximum absolute atomic E-state index is 10.9. The zero-order chi connectivity index (χ0) is 15.0. The molecule has 0 spiro atoms. The number of phenolic OH excluding ortho intramolecular Hbond substituents is 1. The van der Waals surface area contributed by atoms with Crippen molar-refractivity contribution in [2.24, 2.45) is 0 Å². The van der Waals surface area contributed by atoms with Crippen LogP contribution in [0.5, 0.6) is 5.75 Å². The molecule has 0 heterocycles. The Hall–Kier alpha value is -0.980. The fourth-order valence-electron chi connectivity index (χ4n) is 4.65. The van der Waals surface area contributed by atoms with Crippen LogP contribution in [0.15, 0.2) is 6.07 Å². The van der Waals surface area contributed by atoms with E-state index in [2.05, 4.69) is 26.8 Å². The minimum Gasteiger partial charge on any atom is -0.507 e. The molecule has 0 unspecified atom stereocenters. The summed E-state index contributed by atoms with van der Waals surface area (Å²) >= 11 is 0. The number of benzene rings is 1. The van der Waals surface area contributed by atoms with Crippen LogP contribution in [-0.4, -0.2) is 5.11 Å². The summed E-state index contributed by atoms with van der Waals surface area (Å²) in [6.07, 6.45) is 10.6. The molecule has 21 heavy (non-hydrogen) atoms. The van der Waals surface area contributed by atoms with Crippen molar-refractivity contribution in [3.05, 3.63) is 28.3 Å². The first kappa shape index (κ1) is 14.9. The first-order valence-electron chi connectivity index (χ1n) is 8.95. The Balaban J connectivity index is 2.11. The molecule has 0 atom stereocenters. The van der Waals surface area contributed by atoms with Crippen molar-refractivity contribution >= 4 is 0 Å². The third-order valence-electron chi connectivity index (χ3n) is 5.86. The van der Waals surface area contributed by atoms with E-state index >= 15 is 0 Å². The monoisotopic (exact) mass is 286 g/mol. The molecule has 0 amide bonds. The lowest BCUT2D eigenvalue weighted by atomic mass is 9.81. The number of hydrogen-bond donors (Lipinski definition) is 1. The summed E-state index contributed by atoms with van der Waals surface area (Å²) in [4.78, 5) is 0. The highest BCUT2D eigenvalue weighted by molar-refractivity contribution is 5.53. The number of hydrogen-bond acceptors (Lipinski definition) is 1. The zero-order valence-corrected chi connectivity index (χ0v) is 13.9. The molecule has 3 rings (SSSR count). The Bertz CT molecular complexity index is 503. The Kier molecular flexibility index (Phi) is 4.28. The SMILES string of the molecule is Cc1c(C2CCCC2)cc(C(C)C)c(O)c1C1CCCC1. The Morgan fingerprint density at radius 3 is 2.00 bits per heavy atom. The van der Waals surface area contributed by atoms with Crippen molar-refractivity contribution in [1.82, 2.24) is 0 Å². The van der Waals surface area contributed by atoms with Gasteiger partial charge in [0.15, 0.2) is 0 Å². The molecule has 2 fully saturated rings. The molecule has 1 nitrogen and oxygen atoms in total. The van der Waals surface area contributed by atoms with Gasteiger partial charge in [-0.2, -0.15) is 0 Å². The van der Waals surface area contributed by atoms with E-state index in [-0.39, 0.29) is 0 Å². The van der Waals surface area contributed by atoms with Gasteiger partial charge < -0.3 is 5.11 Å². The van der Waals surface area contributed by atoms with E-state index in [0.717, 1.165) is 5.92 Å². The average molecular weight is 286 g/mol. The third kappa shape index (κ3) is 2.72. The first-order chi connectivity index (χ1) is 10.1. The molecular formula is C20H30O. The molecule has 116 valence electrons. The van der Waals surface area contributed by atoms with Crippen LogP contribution >= 0.6 is 0 Å². The van der Waals surface area contributed by atoms with Gasteiger partial charge in [0.2, 0.25) is 0 Å². The number of phenols is 1. The van der Waals surface area contributed by atoms with Crippen molar-refractivity contribution in [1.29, 1.82) is 0 Å². The largest absolute Gasteiger partial charge is 0.507 e. The van der Waals surface area contributed by atoms with E-state index in [0.29, 0.717) is 17.6 Å². The van der Waals surface area contributed by atoms with Crippen LogP contribution in [0.1, 0.15) is 105 Å². The molecule has 1 N–H and O–H groups in total. The molecule has 0 aliphatic heterocycles. The molecule has 2 aliphatic rings. The number of aromatic hydroxyl groups is 1. The summed E-state index contributed by atoms with van der Waals surface area (Å²) in [6.45, 7) is 6.69. The summed E-state index contributed by atoms with van der Waals surface area (Å²) in [5, 5.41) is 10.9. The average Bonchev–Trinajstić information content (AvgIpc) is 3.11. The van der Waals surface area contributed by atoms with Crippen molar-refractivity contribution < 1.29 is 5.11 Å². The fraction of sp³-hybridized carbons (Fsp3) is 0.700. The second kappa shape index (κ2) is 6.02. The zero-order valence-electron chi connectivity index (χ0n) is 13.9. The van der Waals surface area contributed by atoms with E-state index in [9.17, 15) is 5.11 Å². The van der Waals surface area contributed by atoms with Crippen molar-refractivity contribution in [2.45, 2.75) is 89.9 Å². The summed E-state index contributed by atoms with van der Waals surface area (Å²) in [5.41, 5.74) is 5.46. The Labute approximate surface area is 129 Å². The highest BCUT2D eigenvalue weighted by atomic mass is 16.3. The van der Waals surface area contributed by atoms with Crippen LogP contribution in [0.25, 0.3) is 0 Å². The quantitative estimate of drug-likeness (QED) is 0.707. The Morgan fingerprint density at radius 2 is 1.48 bits per heavy atom. The van der Waals surface area contributed by atoms with Crippen LogP contribution in [0.3, 0.4) is 0 Å². The summed E-state index contributed by atoms with van der Waals surface area (Å²) in [5.74, 6) is 2.37. The van der Waals surface area contributed by atoms with E-state index in [1.165, 1.54) is 68.1 Å². The second-order valence-electron chi connectivity index (χ2n) is 7.56. The molecule has 0 bridgehead atoms. The van der Waals surface area contributed by atoms with Gasteiger partial charge in [0.05, 0.1) is 0 Å². The molecular weight excluding hydrogens is 256 g/mol. The highest BCUT2D eigenvalue weighted by Crippen LogP contribution is 2.47. The lowest BCUT2D eigenvalue weighted by Crippen LogP contribution is -2.07. The van der Waals surface area contributed by atoms with Crippen LogP contribution in [-0.2, 0) is 0 Å². The first-order valence-corrected chi connectivity index (χ1v) is 8.95. The van der Waals surface area contributed by atoms with Gasteiger partial charge in [0, 0.05) is 5.56 Å². The molecule has 1 aromatic carbocycles. The number of rotatable bonds is 3. The van der Waals surface area contributed by atoms with Gasteiger partial charge in [-0.3, -0.25) is 0 Å². The molecule has 0 radical (unpaired) electrons. The second-order valence-corrected chi connectivity index (χ2v) is 7.56. The maximum atomic E-state index is 10.9. The fourth-order valence-corrected chi connectivity index (χ4v) is 4.65. The van der Waals surface area contributed by atoms with Gasteiger partial charge in [0.25, 0.3) is 0 Å². The van der Waals surface area contributed by atoms with E-state index in [1.807, 2.05) is 0 Å². The van der Waals surface area contributed by atoms with Gasteiger partial charge in [-0.1, -0.05) is 45.6 Å². The van der Waals surface area contributed by atoms with Crippen molar-refractivity contribution in [2.75, 3.05) is 0 Å². The predicted octanol–water partition coefficient (Wildman–Crippen LogP) is 6.14. The van der Waals surface area contributed by atoms with Crippen LogP contribution in [0.2, 0.25) is 0 Å². The van der Waals surface area contributed by atoms with Gasteiger partial charge >= 0.3 is 0 Å². The van der Waals surface area contributed by atoms with Gasteiger partial charge in [-0.05, 0) is 67.1 Å². The Morgan fingerprint density at radius 1 is 0.952 bits per heavy atom. The predicted molar refractivity (Wildman–Crippen MR) is 89.4 cm³/mol.